The molecule has 0 bridgehead atoms. The van der Waals surface area contributed by atoms with Crippen molar-refractivity contribution >= 4 is 0 Å². The molecule has 0 aliphatic carbocycles. The Kier molecular flexibility index (Phi) is 21.2. The van der Waals surface area contributed by atoms with E-state index in [2.05, 4.69) is 6.92 Å². The van der Waals surface area contributed by atoms with Crippen molar-refractivity contribution in [1.29, 1.82) is 0 Å². The van der Waals surface area contributed by atoms with E-state index in [4.69, 9.17) is 14.5 Å². The molecule has 8 heteroatoms. The third-order valence-electron chi connectivity index (χ3n) is 5.48. The number of hydrogen-bond donors (Lipinski definition) is 3. The van der Waals surface area contributed by atoms with Crippen LogP contribution in [0.2, 0.25) is 0 Å². The van der Waals surface area contributed by atoms with Crippen molar-refractivity contribution in [3.63, 3.8) is 0 Å². The molecule has 0 aliphatic heterocycles. The first-order chi connectivity index (χ1) is 15.7. The largest absolute Gasteiger partial charge is 1.00 e. The summed E-state index contributed by atoms with van der Waals surface area (Å²) in [5.74, 6) is 0. The van der Waals surface area contributed by atoms with Crippen LogP contribution in [0.1, 0.15) is 89.2 Å². The van der Waals surface area contributed by atoms with Crippen molar-refractivity contribution in [2.24, 2.45) is 0 Å². The Morgan fingerprint density at radius 1 is 0.667 bits per heavy atom. The van der Waals surface area contributed by atoms with Crippen molar-refractivity contribution in [2.75, 3.05) is 39.6 Å². The Hall–Kier alpha value is -0.770. The zero-order chi connectivity index (χ0) is 23.3. The van der Waals surface area contributed by atoms with Crippen molar-refractivity contribution in [3.05, 3.63) is 35.9 Å². The molecule has 0 amide bonds. The summed E-state index contributed by atoms with van der Waals surface area (Å²) in [4.78, 5) is 17.0. The standard InChI is InChI=1S/C25H46NO6.ClH/c1-2-3-4-5-6-7-8-9-10-14-17-25(24-15-12-11-13-16-24)26(30-21-18-27,31-22-19-28)32-23-20-29;/h11-13,15-16,25,27-29H,2-10,14,17-23H2,1H3;1H/q+1;/p-1. The van der Waals surface area contributed by atoms with Crippen LogP contribution in [0.5, 0.6) is 0 Å². The van der Waals surface area contributed by atoms with E-state index in [-0.39, 0.29) is 58.1 Å². The van der Waals surface area contributed by atoms with E-state index in [0.29, 0.717) is 0 Å². The fourth-order valence-corrected chi connectivity index (χ4v) is 3.89. The molecule has 0 fully saturated rings. The maximum Gasteiger partial charge on any atom is 0.212 e. The summed E-state index contributed by atoms with van der Waals surface area (Å²) in [6.45, 7) is 1.71. The maximum atomic E-state index is 9.35. The quantitative estimate of drug-likeness (QED) is 0.130. The van der Waals surface area contributed by atoms with Crippen LogP contribution < -0.4 is 12.4 Å². The van der Waals surface area contributed by atoms with Gasteiger partial charge in [-0.25, -0.2) is 0 Å². The number of unbranched alkanes of at least 4 members (excludes halogenated alkanes) is 9. The Morgan fingerprint density at radius 3 is 1.52 bits per heavy atom. The average molecular weight is 492 g/mol. The maximum absolute atomic E-state index is 9.35. The molecule has 0 aromatic heterocycles. The zero-order valence-electron chi connectivity index (χ0n) is 20.4. The number of rotatable bonds is 22. The fraction of sp³-hybridized carbons (Fsp3) is 0.760. The minimum absolute atomic E-state index is 0. The number of quaternary nitrogens is 1. The lowest BCUT2D eigenvalue weighted by molar-refractivity contribution is -1.38. The van der Waals surface area contributed by atoms with Gasteiger partial charge in [0.05, 0.1) is 19.8 Å². The van der Waals surface area contributed by atoms with Crippen LogP contribution in [0.4, 0.5) is 0 Å². The van der Waals surface area contributed by atoms with Gasteiger partial charge in [0.25, 0.3) is 0 Å². The summed E-state index contributed by atoms with van der Waals surface area (Å²) in [5.41, 5.74) is 0.984. The highest BCUT2D eigenvalue weighted by Crippen LogP contribution is 2.35. The van der Waals surface area contributed by atoms with Crippen molar-refractivity contribution < 1.29 is 47.2 Å². The van der Waals surface area contributed by atoms with Crippen LogP contribution in [0.15, 0.2) is 30.3 Å². The average Bonchev–Trinajstić information content (AvgIpc) is 2.83. The van der Waals surface area contributed by atoms with E-state index in [9.17, 15) is 15.3 Å². The predicted molar refractivity (Wildman–Crippen MR) is 125 cm³/mol. The molecule has 1 unspecified atom stereocenters. The smallest absolute Gasteiger partial charge is 0.212 e. The van der Waals surface area contributed by atoms with Gasteiger partial charge in [0.15, 0.2) is 0 Å². The number of benzene rings is 1. The molecule has 1 rings (SSSR count). The highest BCUT2D eigenvalue weighted by Gasteiger charge is 2.46. The van der Waals surface area contributed by atoms with Gasteiger partial charge in [0.2, 0.25) is 6.04 Å². The monoisotopic (exact) mass is 491 g/mol. The van der Waals surface area contributed by atoms with Crippen molar-refractivity contribution in [2.45, 2.75) is 83.6 Å². The summed E-state index contributed by atoms with van der Waals surface area (Å²) in [6.07, 6.45) is 13.2. The second-order valence-corrected chi connectivity index (χ2v) is 8.11. The van der Waals surface area contributed by atoms with Crippen LogP contribution in [0, 0.1) is 0 Å². The molecule has 1 aromatic carbocycles. The van der Waals surface area contributed by atoms with E-state index < -0.39 is 4.97 Å². The minimum Gasteiger partial charge on any atom is -1.00 e. The second-order valence-electron chi connectivity index (χ2n) is 8.11. The topological polar surface area (TPSA) is 88.4 Å². The molecule has 7 nitrogen and oxygen atoms in total. The lowest BCUT2D eigenvalue weighted by Gasteiger charge is -2.35. The number of hydroxylamine groups is 3. The third kappa shape index (κ3) is 13.6. The van der Waals surface area contributed by atoms with E-state index >= 15 is 0 Å². The van der Waals surface area contributed by atoms with Crippen LogP contribution in [0.3, 0.4) is 0 Å². The van der Waals surface area contributed by atoms with Gasteiger partial charge in [0.1, 0.15) is 24.8 Å². The van der Waals surface area contributed by atoms with E-state index in [1.165, 1.54) is 51.4 Å². The molecule has 3 N–H and O–H groups in total. The molecule has 33 heavy (non-hydrogen) atoms. The number of aliphatic hydroxyl groups is 3. The van der Waals surface area contributed by atoms with Gasteiger partial charge >= 0.3 is 0 Å². The van der Waals surface area contributed by atoms with Crippen molar-refractivity contribution in [1.82, 2.24) is 0 Å². The molecule has 1 atom stereocenters. The van der Waals surface area contributed by atoms with Crippen molar-refractivity contribution in [3.8, 4) is 0 Å². The van der Waals surface area contributed by atoms with Crippen LogP contribution >= 0.6 is 0 Å². The molecular weight excluding hydrogens is 446 g/mol. The van der Waals surface area contributed by atoms with Crippen LogP contribution in [-0.2, 0) is 14.5 Å². The normalized spacial score (nSPS) is 12.5. The van der Waals surface area contributed by atoms with E-state index in [1.807, 2.05) is 30.3 Å². The van der Waals surface area contributed by atoms with Crippen LogP contribution in [0.25, 0.3) is 0 Å². The highest BCUT2D eigenvalue weighted by molar-refractivity contribution is 5.17. The molecule has 0 saturated heterocycles. The molecule has 0 heterocycles. The summed E-state index contributed by atoms with van der Waals surface area (Å²) < 4.78 is 0. The minimum atomic E-state index is -0.636. The summed E-state index contributed by atoms with van der Waals surface area (Å²) in [5, 5.41) is 28.1. The third-order valence-corrected chi connectivity index (χ3v) is 5.48. The van der Waals surface area contributed by atoms with E-state index in [0.717, 1.165) is 24.8 Å². The Bertz CT molecular complexity index is 515. The number of hydrogen-bond acceptors (Lipinski definition) is 6. The van der Waals surface area contributed by atoms with Gasteiger partial charge < -0.3 is 27.7 Å². The molecule has 0 saturated carbocycles. The van der Waals surface area contributed by atoms with Gasteiger partial charge in [0, 0.05) is 12.0 Å². The zero-order valence-corrected chi connectivity index (χ0v) is 21.1. The van der Waals surface area contributed by atoms with Gasteiger partial charge in [-0.05, 0) is 6.42 Å². The molecule has 0 spiro atoms. The summed E-state index contributed by atoms with van der Waals surface area (Å²) in [6, 6.07) is 9.56. The first-order valence-corrected chi connectivity index (χ1v) is 12.4. The Balaban J connectivity index is 0.0000102. The first-order valence-electron chi connectivity index (χ1n) is 12.4. The molecule has 0 radical (unpaired) electrons. The highest BCUT2D eigenvalue weighted by atomic mass is 35.5. The van der Waals surface area contributed by atoms with Crippen LogP contribution in [-0.4, -0.2) is 59.9 Å². The van der Waals surface area contributed by atoms with Gasteiger partial charge in [-0.2, -0.15) is 0 Å². The second kappa shape index (κ2) is 21.7. The lowest BCUT2D eigenvalue weighted by Crippen LogP contribution is -3.00. The van der Waals surface area contributed by atoms with Gasteiger partial charge in [-0.15, -0.1) is 14.5 Å². The summed E-state index contributed by atoms with van der Waals surface area (Å²) >= 11 is 0. The number of halogens is 1. The molecular formula is C25H46ClNO6. The Morgan fingerprint density at radius 2 is 1.09 bits per heavy atom. The Labute approximate surface area is 206 Å². The molecule has 194 valence electrons. The predicted octanol–water partition coefficient (Wildman–Crippen LogP) is 1.63. The number of nitrogens with zero attached hydrogens (tertiary/aromatic N) is 1. The van der Waals surface area contributed by atoms with Gasteiger partial charge in [-0.3, -0.25) is 0 Å². The molecule has 0 aliphatic rings. The fourth-order valence-electron chi connectivity index (χ4n) is 3.89. The van der Waals surface area contributed by atoms with Gasteiger partial charge in [-0.1, -0.05) is 95.0 Å². The van der Waals surface area contributed by atoms with E-state index in [1.54, 1.807) is 0 Å². The summed E-state index contributed by atoms with van der Waals surface area (Å²) in [7, 11) is 0. The molecule has 1 aromatic rings. The lowest BCUT2D eigenvalue weighted by atomic mass is 9.99. The first kappa shape index (κ1) is 32.2. The SMILES string of the molecule is CCCCCCCCCCCCC(c1ccccc1)[N+](OCCO)(OCCO)OCCO.[Cl-]. The number of aliphatic hydroxyl groups excluding tert-OH is 3.